The topological polar surface area (TPSA) is 86.8 Å². The number of rotatable bonds is 11. The second kappa shape index (κ2) is 12.1. The van der Waals surface area contributed by atoms with Crippen LogP contribution in [0.3, 0.4) is 0 Å². The van der Waals surface area contributed by atoms with Gasteiger partial charge >= 0.3 is 0 Å². The van der Waals surface area contributed by atoms with E-state index in [9.17, 15) is 18.0 Å². The molecule has 1 N–H and O–H groups in total. The summed E-state index contributed by atoms with van der Waals surface area (Å²) in [6.07, 6.45) is 1.18. The Morgan fingerprint density at radius 2 is 1.44 bits per heavy atom. The lowest BCUT2D eigenvalue weighted by molar-refractivity contribution is -0.141. The van der Waals surface area contributed by atoms with Gasteiger partial charge in [0, 0.05) is 19.6 Å². The fourth-order valence-corrected chi connectivity index (χ4v) is 4.63. The van der Waals surface area contributed by atoms with Crippen molar-refractivity contribution in [1.29, 1.82) is 0 Å². The lowest BCUT2D eigenvalue weighted by Crippen LogP contribution is -2.53. The Bertz CT molecular complexity index is 1070. The number of sulfonamides is 1. The van der Waals surface area contributed by atoms with Gasteiger partial charge in [-0.05, 0) is 51.3 Å². The van der Waals surface area contributed by atoms with E-state index in [1.165, 1.54) is 24.1 Å². The summed E-state index contributed by atoms with van der Waals surface area (Å²) in [6.45, 7) is 9.45. The fourth-order valence-electron chi connectivity index (χ4n) is 3.51. The molecule has 0 heterocycles. The zero-order valence-electron chi connectivity index (χ0n) is 21.0. The minimum atomic E-state index is -3.85. The van der Waals surface area contributed by atoms with Crippen molar-refractivity contribution >= 4 is 21.8 Å². The molecule has 2 aromatic rings. The molecule has 2 rings (SSSR count). The summed E-state index contributed by atoms with van der Waals surface area (Å²) in [5.74, 6) is -0.661. The van der Waals surface area contributed by atoms with Crippen LogP contribution in [0.2, 0.25) is 0 Å². The number of carbonyl (C=O) groups excluding carboxylic acids is 2. The lowest BCUT2D eigenvalue weighted by atomic mass is 10.1. The monoisotopic (exact) mass is 487 g/mol. The third-order valence-corrected chi connectivity index (χ3v) is 7.77. The van der Waals surface area contributed by atoms with Gasteiger partial charge in [0.05, 0.1) is 11.4 Å². The van der Waals surface area contributed by atoms with Gasteiger partial charge in [-0.1, -0.05) is 61.4 Å². The van der Waals surface area contributed by atoms with Crippen LogP contribution in [0.15, 0.2) is 53.4 Å². The summed E-state index contributed by atoms with van der Waals surface area (Å²) in [5.41, 5.74) is 2.91. The Morgan fingerprint density at radius 1 is 0.912 bits per heavy atom. The molecule has 0 aliphatic heterocycles. The van der Waals surface area contributed by atoms with Crippen LogP contribution in [0, 0.1) is 13.8 Å². The maximum Gasteiger partial charge on any atom is 0.243 e. The number of hydrogen-bond donors (Lipinski definition) is 1. The van der Waals surface area contributed by atoms with Crippen molar-refractivity contribution in [3.63, 3.8) is 0 Å². The molecule has 0 saturated carbocycles. The van der Waals surface area contributed by atoms with Gasteiger partial charge in [0.25, 0.3) is 0 Å². The molecule has 2 aromatic carbocycles. The van der Waals surface area contributed by atoms with Crippen LogP contribution in [0.5, 0.6) is 0 Å². The third kappa shape index (κ3) is 7.14. The molecule has 0 radical (unpaired) electrons. The largest absolute Gasteiger partial charge is 0.352 e. The molecule has 2 atom stereocenters. The molecule has 34 heavy (non-hydrogen) atoms. The number of hydrogen-bond acceptors (Lipinski definition) is 4. The van der Waals surface area contributed by atoms with Crippen molar-refractivity contribution in [3.05, 3.63) is 65.2 Å². The first-order chi connectivity index (χ1) is 16.0. The zero-order chi connectivity index (χ0) is 25.5. The van der Waals surface area contributed by atoms with Crippen LogP contribution in [-0.2, 0) is 26.2 Å². The van der Waals surface area contributed by atoms with E-state index >= 15 is 0 Å². The maximum absolute atomic E-state index is 13.5. The summed E-state index contributed by atoms with van der Waals surface area (Å²) in [4.78, 5) is 28.1. The van der Waals surface area contributed by atoms with Gasteiger partial charge in [-0.3, -0.25) is 9.59 Å². The van der Waals surface area contributed by atoms with Crippen LogP contribution < -0.4 is 5.32 Å². The van der Waals surface area contributed by atoms with Crippen LogP contribution >= 0.6 is 0 Å². The normalized spacial score (nSPS) is 13.4. The molecule has 0 spiro atoms. The second-order valence-corrected chi connectivity index (χ2v) is 10.9. The number of likely N-dealkylation sites (N-methyl/N-ethyl adjacent to an activating group) is 1. The van der Waals surface area contributed by atoms with E-state index < -0.39 is 22.0 Å². The van der Waals surface area contributed by atoms with Gasteiger partial charge in [0.15, 0.2) is 0 Å². The van der Waals surface area contributed by atoms with Gasteiger partial charge in [-0.2, -0.15) is 4.31 Å². The van der Waals surface area contributed by atoms with E-state index in [1.807, 2.05) is 58.9 Å². The molecule has 0 unspecified atom stereocenters. The summed E-state index contributed by atoms with van der Waals surface area (Å²) < 4.78 is 27.1. The standard InChI is InChI=1S/C26H37N3O4S/c1-7-21(5)27-26(31)24(8-2)29(17-22-13-9-19(3)10-14-22)25(30)18-28(6)34(32,33)23-15-11-20(4)12-16-23/h9-16,21,24H,7-8,17-18H2,1-6H3,(H,27,31)/t21-,24-/m0/s1. The Kier molecular flexibility index (Phi) is 9.82. The van der Waals surface area contributed by atoms with Crippen molar-refractivity contribution in [1.82, 2.24) is 14.5 Å². The third-order valence-electron chi connectivity index (χ3n) is 5.95. The molecule has 186 valence electrons. The average Bonchev–Trinajstić information content (AvgIpc) is 2.80. The molecule has 8 heteroatoms. The van der Waals surface area contributed by atoms with Gasteiger partial charge in [0.1, 0.15) is 6.04 Å². The predicted octanol–water partition coefficient (Wildman–Crippen LogP) is 3.65. The van der Waals surface area contributed by atoms with E-state index in [2.05, 4.69) is 5.32 Å². The molecule has 0 aromatic heterocycles. The zero-order valence-corrected chi connectivity index (χ0v) is 21.9. The van der Waals surface area contributed by atoms with Crippen molar-refractivity contribution in [3.8, 4) is 0 Å². The Balaban J connectivity index is 2.32. The highest BCUT2D eigenvalue weighted by Gasteiger charge is 2.32. The molecule has 0 aliphatic carbocycles. The number of nitrogens with zero attached hydrogens (tertiary/aromatic N) is 2. The minimum Gasteiger partial charge on any atom is -0.352 e. The number of nitrogens with one attached hydrogen (secondary N) is 1. The summed E-state index contributed by atoms with van der Waals surface area (Å²) in [5, 5.41) is 2.96. The van der Waals surface area contributed by atoms with Crippen LogP contribution in [0.25, 0.3) is 0 Å². The first kappa shape index (κ1) is 27.5. The highest BCUT2D eigenvalue weighted by Crippen LogP contribution is 2.18. The van der Waals surface area contributed by atoms with Crippen LogP contribution in [-0.4, -0.2) is 55.1 Å². The molecule has 0 aliphatic rings. The predicted molar refractivity (Wildman–Crippen MR) is 135 cm³/mol. The van der Waals surface area contributed by atoms with Crippen molar-refractivity contribution in [2.45, 2.75) is 71.0 Å². The summed E-state index contributed by atoms with van der Waals surface area (Å²) in [6, 6.07) is 13.5. The molecule has 2 amide bonds. The summed E-state index contributed by atoms with van der Waals surface area (Å²) >= 11 is 0. The molecule has 0 bridgehead atoms. The van der Waals surface area contributed by atoms with E-state index in [4.69, 9.17) is 0 Å². The molecular weight excluding hydrogens is 450 g/mol. The lowest BCUT2D eigenvalue weighted by Gasteiger charge is -2.32. The first-order valence-electron chi connectivity index (χ1n) is 11.7. The van der Waals surface area contributed by atoms with Crippen molar-refractivity contribution in [2.75, 3.05) is 13.6 Å². The number of benzene rings is 2. The van der Waals surface area contributed by atoms with Crippen molar-refractivity contribution < 1.29 is 18.0 Å². The van der Waals surface area contributed by atoms with Gasteiger partial charge in [-0.25, -0.2) is 8.42 Å². The van der Waals surface area contributed by atoms with E-state index in [1.54, 1.807) is 12.1 Å². The number of amides is 2. The Morgan fingerprint density at radius 3 is 1.94 bits per heavy atom. The highest BCUT2D eigenvalue weighted by molar-refractivity contribution is 7.89. The molecule has 0 saturated heterocycles. The van der Waals surface area contributed by atoms with E-state index in [0.717, 1.165) is 27.4 Å². The maximum atomic E-state index is 13.5. The Labute approximate surface area is 204 Å². The second-order valence-electron chi connectivity index (χ2n) is 8.82. The summed E-state index contributed by atoms with van der Waals surface area (Å²) in [7, 11) is -2.47. The quantitative estimate of drug-likeness (QED) is 0.524. The van der Waals surface area contributed by atoms with Crippen LogP contribution in [0.4, 0.5) is 0 Å². The SMILES string of the molecule is CC[C@H](C)NC(=O)[C@H](CC)N(Cc1ccc(C)cc1)C(=O)CN(C)S(=O)(=O)c1ccc(C)cc1. The van der Waals surface area contributed by atoms with Gasteiger partial charge in [-0.15, -0.1) is 0 Å². The number of carbonyl (C=O) groups is 2. The fraction of sp³-hybridized carbons (Fsp3) is 0.462. The molecule has 7 nitrogen and oxygen atoms in total. The Hall–Kier alpha value is -2.71. The first-order valence-corrected chi connectivity index (χ1v) is 13.1. The highest BCUT2D eigenvalue weighted by atomic mass is 32.2. The van der Waals surface area contributed by atoms with E-state index in [0.29, 0.717) is 6.42 Å². The van der Waals surface area contributed by atoms with Crippen molar-refractivity contribution in [2.24, 2.45) is 0 Å². The average molecular weight is 488 g/mol. The molecule has 0 fully saturated rings. The van der Waals surface area contributed by atoms with Gasteiger partial charge in [0.2, 0.25) is 21.8 Å². The van der Waals surface area contributed by atoms with Crippen LogP contribution in [0.1, 0.15) is 50.3 Å². The molecular formula is C26H37N3O4S. The van der Waals surface area contributed by atoms with E-state index in [-0.39, 0.29) is 29.9 Å². The smallest absolute Gasteiger partial charge is 0.243 e. The number of aryl methyl sites for hydroxylation is 2. The van der Waals surface area contributed by atoms with Gasteiger partial charge < -0.3 is 10.2 Å². The minimum absolute atomic E-state index is 0.0255.